The molecule has 1 atom stereocenters. The first-order valence-corrected chi connectivity index (χ1v) is 7.35. The van der Waals surface area contributed by atoms with E-state index in [0.29, 0.717) is 11.4 Å². The summed E-state index contributed by atoms with van der Waals surface area (Å²) in [7, 11) is 0. The lowest BCUT2D eigenvalue weighted by Gasteiger charge is -2.19. The molecule has 0 spiro atoms. The number of nitrogens with one attached hydrogen (secondary N) is 1. The number of hydrazine groups is 1. The SMILES string of the molecule is Cc1ccc(F)cc1CC(NN)c1cccc(Br)c1Cl. The van der Waals surface area contributed by atoms with Crippen molar-refractivity contribution in [2.24, 2.45) is 5.84 Å². The molecule has 5 heteroatoms. The van der Waals surface area contributed by atoms with Gasteiger partial charge in [0.05, 0.1) is 11.1 Å². The predicted octanol–water partition coefficient (Wildman–Crippen LogP) is 4.30. The molecule has 0 aromatic heterocycles. The maximum absolute atomic E-state index is 13.4. The molecule has 0 saturated carbocycles. The van der Waals surface area contributed by atoms with Crippen LogP contribution in [0.25, 0.3) is 0 Å². The zero-order valence-electron chi connectivity index (χ0n) is 11.0. The molecule has 20 heavy (non-hydrogen) atoms. The summed E-state index contributed by atoms with van der Waals surface area (Å²) in [5, 5.41) is 0.615. The lowest BCUT2D eigenvalue weighted by Crippen LogP contribution is -2.30. The van der Waals surface area contributed by atoms with Gasteiger partial charge in [0.2, 0.25) is 0 Å². The van der Waals surface area contributed by atoms with Crippen LogP contribution in [0.3, 0.4) is 0 Å². The molecule has 0 aliphatic rings. The van der Waals surface area contributed by atoms with E-state index in [2.05, 4.69) is 21.4 Å². The zero-order chi connectivity index (χ0) is 14.7. The molecule has 3 N–H and O–H groups in total. The third kappa shape index (κ3) is 3.38. The number of hydrogen-bond acceptors (Lipinski definition) is 2. The van der Waals surface area contributed by atoms with Crippen LogP contribution in [-0.4, -0.2) is 0 Å². The van der Waals surface area contributed by atoms with Crippen LogP contribution in [-0.2, 0) is 6.42 Å². The summed E-state index contributed by atoms with van der Waals surface area (Å²) in [6, 6.07) is 10.2. The summed E-state index contributed by atoms with van der Waals surface area (Å²) < 4.78 is 14.2. The van der Waals surface area contributed by atoms with Gasteiger partial charge in [-0.25, -0.2) is 4.39 Å². The van der Waals surface area contributed by atoms with Gasteiger partial charge in [0, 0.05) is 4.47 Å². The second-order valence-corrected chi connectivity index (χ2v) is 5.87. The van der Waals surface area contributed by atoms with E-state index >= 15 is 0 Å². The van der Waals surface area contributed by atoms with E-state index in [0.717, 1.165) is 21.2 Å². The molecule has 106 valence electrons. The summed E-state index contributed by atoms with van der Waals surface area (Å²) in [6.45, 7) is 1.95. The molecule has 2 aromatic carbocycles. The minimum Gasteiger partial charge on any atom is -0.271 e. The molecule has 0 bridgehead atoms. The van der Waals surface area contributed by atoms with Crippen molar-refractivity contribution < 1.29 is 4.39 Å². The smallest absolute Gasteiger partial charge is 0.123 e. The minimum absolute atomic E-state index is 0.180. The van der Waals surface area contributed by atoms with E-state index in [9.17, 15) is 4.39 Å². The van der Waals surface area contributed by atoms with Crippen molar-refractivity contribution in [3.63, 3.8) is 0 Å². The van der Waals surface area contributed by atoms with E-state index in [1.807, 2.05) is 25.1 Å². The topological polar surface area (TPSA) is 38.0 Å². The predicted molar refractivity (Wildman–Crippen MR) is 84.1 cm³/mol. The minimum atomic E-state index is -0.248. The average molecular weight is 358 g/mol. The summed E-state index contributed by atoms with van der Waals surface area (Å²) >= 11 is 9.68. The van der Waals surface area contributed by atoms with Crippen molar-refractivity contribution in [3.8, 4) is 0 Å². The molecule has 2 nitrogen and oxygen atoms in total. The van der Waals surface area contributed by atoms with Crippen LogP contribution in [0, 0.1) is 12.7 Å². The van der Waals surface area contributed by atoms with Gasteiger partial charge in [0.15, 0.2) is 0 Å². The molecule has 0 amide bonds. The molecule has 2 rings (SSSR count). The number of benzene rings is 2. The van der Waals surface area contributed by atoms with E-state index in [1.165, 1.54) is 12.1 Å². The van der Waals surface area contributed by atoms with Crippen LogP contribution in [0.15, 0.2) is 40.9 Å². The first-order valence-electron chi connectivity index (χ1n) is 6.18. The highest BCUT2D eigenvalue weighted by Crippen LogP contribution is 2.32. The Morgan fingerprint density at radius 3 is 2.80 bits per heavy atom. The fourth-order valence-electron chi connectivity index (χ4n) is 2.13. The van der Waals surface area contributed by atoms with Gasteiger partial charge in [0.25, 0.3) is 0 Å². The highest BCUT2D eigenvalue weighted by atomic mass is 79.9. The van der Waals surface area contributed by atoms with Crippen molar-refractivity contribution in [2.75, 3.05) is 0 Å². The second-order valence-electron chi connectivity index (χ2n) is 4.64. The van der Waals surface area contributed by atoms with Crippen molar-refractivity contribution in [1.82, 2.24) is 5.43 Å². The Bertz CT molecular complexity index is 619. The molecular weight excluding hydrogens is 343 g/mol. The molecule has 0 saturated heterocycles. The number of nitrogens with two attached hydrogens (primary N) is 1. The van der Waals surface area contributed by atoms with Crippen molar-refractivity contribution >= 4 is 27.5 Å². The third-order valence-electron chi connectivity index (χ3n) is 3.29. The number of rotatable bonds is 4. The Balaban J connectivity index is 2.34. The zero-order valence-corrected chi connectivity index (χ0v) is 13.3. The first-order chi connectivity index (χ1) is 9.52. The normalized spacial score (nSPS) is 12.4. The van der Waals surface area contributed by atoms with Crippen LogP contribution in [0.2, 0.25) is 5.02 Å². The highest BCUT2D eigenvalue weighted by molar-refractivity contribution is 9.10. The van der Waals surface area contributed by atoms with Gasteiger partial charge in [-0.2, -0.15) is 0 Å². The van der Waals surface area contributed by atoms with Crippen LogP contribution in [0.1, 0.15) is 22.7 Å². The van der Waals surface area contributed by atoms with Crippen LogP contribution >= 0.6 is 27.5 Å². The van der Waals surface area contributed by atoms with Gasteiger partial charge in [0.1, 0.15) is 5.82 Å². The Hall–Kier alpha value is -0.940. The third-order valence-corrected chi connectivity index (χ3v) is 4.60. The quantitative estimate of drug-likeness (QED) is 0.632. The van der Waals surface area contributed by atoms with E-state index in [4.69, 9.17) is 17.4 Å². The van der Waals surface area contributed by atoms with Crippen LogP contribution in [0.4, 0.5) is 4.39 Å². The van der Waals surface area contributed by atoms with E-state index in [-0.39, 0.29) is 11.9 Å². The van der Waals surface area contributed by atoms with Crippen molar-refractivity contribution in [2.45, 2.75) is 19.4 Å². The Kier molecular flexibility index (Phi) is 5.16. The van der Waals surface area contributed by atoms with E-state index in [1.54, 1.807) is 6.07 Å². The molecule has 1 unspecified atom stereocenters. The lowest BCUT2D eigenvalue weighted by atomic mass is 9.96. The van der Waals surface area contributed by atoms with Crippen LogP contribution < -0.4 is 11.3 Å². The second kappa shape index (κ2) is 6.68. The van der Waals surface area contributed by atoms with Crippen LogP contribution in [0.5, 0.6) is 0 Å². The molecule has 0 aliphatic heterocycles. The van der Waals surface area contributed by atoms with Gasteiger partial charge >= 0.3 is 0 Å². The largest absolute Gasteiger partial charge is 0.271 e. The fraction of sp³-hybridized carbons (Fsp3) is 0.200. The van der Waals surface area contributed by atoms with Gasteiger partial charge in [-0.05, 0) is 64.2 Å². The van der Waals surface area contributed by atoms with Gasteiger partial charge < -0.3 is 0 Å². The monoisotopic (exact) mass is 356 g/mol. The fourth-order valence-corrected chi connectivity index (χ4v) is 2.77. The number of hydrogen-bond donors (Lipinski definition) is 2. The number of aryl methyl sites for hydroxylation is 1. The maximum atomic E-state index is 13.4. The molecule has 2 aromatic rings. The molecule has 0 heterocycles. The molecule has 0 aliphatic carbocycles. The highest BCUT2D eigenvalue weighted by Gasteiger charge is 2.16. The summed E-state index contributed by atoms with van der Waals surface area (Å²) in [5.74, 6) is 5.39. The van der Waals surface area contributed by atoms with Crippen molar-refractivity contribution in [3.05, 3.63) is 68.4 Å². The molecule has 0 fully saturated rings. The first kappa shape index (κ1) is 15.4. The summed E-state index contributed by atoms with van der Waals surface area (Å²) in [4.78, 5) is 0. The summed E-state index contributed by atoms with van der Waals surface area (Å²) in [5.41, 5.74) is 5.57. The standard InChI is InChI=1S/C15H15BrClFN2/c1-9-5-6-11(18)7-10(9)8-14(20-19)12-3-2-4-13(16)15(12)17/h2-7,14,20H,8,19H2,1H3. The van der Waals surface area contributed by atoms with Gasteiger partial charge in [-0.3, -0.25) is 11.3 Å². The Labute approximate surface area is 131 Å². The Morgan fingerprint density at radius 1 is 1.35 bits per heavy atom. The molecule has 0 radical (unpaired) electrons. The van der Waals surface area contributed by atoms with E-state index < -0.39 is 0 Å². The number of halogens is 3. The molecular formula is C15H15BrClFN2. The maximum Gasteiger partial charge on any atom is 0.123 e. The summed E-state index contributed by atoms with van der Waals surface area (Å²) in [6.07, 6.45) is 0.566. The average Bonchev–Trinajstić information content (AvgIpc) is 2.43. The van der Waals surface area contributed by atoms with Gasteiger partial charge in [-0.1, -0.05) is 29.8 Å². The van der Waals surface area contributed by atoms with Crippen molar-refractivity contribution in [1.29, 1.82) is 0 Å². The van der Waals surface area contributed by atoms with Gasteiger partial charge in [-0.15, -0.1) is 0 Å². The Morgan fingerprint density at radius 2 is 2.10 bits per heavy atom. The lowest BCUT2D eigenvalue weighted by molar-refractivity contribution is 0.547.